The number of benzene rings is 2. The van der Waals surface area contributed by atoms with Crippen molar-refractivity contribution in [3.8, 4) is 0 Å². The number of nitrogens with zero attached hydrogens (tertiary/aromatic N) is 2. The molecule has 1 aliphatic heterocycles. The van der Waals surface area contributed by atoms with Crippen molar-refractivity contribution in [1.29, 1.82) is 0 Å². The maximum Gasteiger partial charge on any atom is 0.416 e. The van der Waals surface area contributed by atoms with Gasteiger partial charge in [-0.15, -0.1) is 11.8 Å². The Morgan fingerprint density at radius 1 is 1.23 bits per heavy atom. The van der Waals surface area contributed by atoms with E-state index in [-0.39, 0.29) is 16.7 Å². The van der Waals surface area contributed by atoms with Crippen LogP contribution in [0.3, 0.4) is 0 Å². The van der Waals surface area contributed by atoms with E-state index in [0.29, 0.717) is 30.5 Å². The molecule has 0 aliphatic carbocycles. The van der Waals surface area contributed by atoms with Gasteiger partial charge in [0.05, 0.1) is 21.1 Å². The Morgan fingerprint density at radius 3 is 2.50 bits per heavy atom. The van der Waals surface area contributed by atoms with Crippen LogP contribution in [0.2, 0.25) is 0 Å². The van der Waals surface area contributed by atoms with Crippen LogP contribution in [0.15, 0.2) is 47.4 Å². The van der Waals surface area contributed by atoms with Crippen molar-refractivity contribution >= 4 is 40.8 Å². The van der Waals surface area contributed by atoms with E-state index in [1.165, 1.54) is 0 Å². The highest BCUT2D eigenvalue weighted by atomic mass is 32.2. The van der Waals surface area contributed by atoms with Crippen LogP contribution >= 0.6 is 11.8 Å². The van der Waals surface area contributed by atoms with E-state index in [1.807, 2.05) is 0 Å². The zero-order valence-corrected chi connectivity index (χ0v) is 16.0. The molecule has 1 aliphatic rings. The number of carbonyl (C=O) groups is 2. The third kappa shape index (κ3) is 5.00. The summed E-state index contributed by atoms with van der Waals surface area (Å²) in [6, 6.07) is 8.49. The Labute approximate surface area is 172 Å². The van der Waals surface area contributed by atoms with E-state index >= 15 is 0 Å². The molecule has 1 heterocycles. The van der Waals surface area contributed by atoms with Crippen molar-refractivity contribution in [2.24, 2.45) is 0 Å². The predicted molar refractivity (Wildman–Crippen MR) is 105 cm³/mol. The second kappa shape index (κ2) is 8.61. The molecule has 2 N–H and O–H groups in total. The van der Waals surface area contributed by atoms with Crippen LogP contribution in [-0.2, 0) is 11.0 Å². The van der Waals surface area contributed by atoms with Gasteiger partial charge in [0.2, 0.25) is 5.91 Å². The average Bonchev–Trinajstić information content (AvgIpc) is 3.12. The molecule has 2 aromatic rings. The Balaban J connectivity index is 1.62. The highest BCUT2D eigenvalue weighted by Crippen LogP contribution is 2.36. The van der Waals surface area contributed by atoms with Crippen molar-refractivity contribution in [3.05, 3.63) is 58.1 Å². The molecule has 0 unspecified atom stereocenters. The first-order chi connectivity index (χ1) is 14.1. The standard InChI is InChI=1S/C18H15F3N4O4S/c19-18(20,21)11-1-6-15(14(9-11)25(28)29)30-10-16(26)23-12-2-4-13(5-3-12)24-8-7-22-17(24)27/h1-6,9H,7-8,10H2,(H,22,27)(H,23,26). The van der Waals surface area contributed by atoms with Crippen molar-refractivity contribution < 1.29 is 27.7 Å². The molecule has 3 rings (SSSR count). The SMILES string of the molecule is O=C(CSc1ccc(C(F)(F)F)cc1[N+](=O)[O-])Nc1ccc(N2CCNC2=O)cc1. The molecule has 0 atom stereocenters. The number of nitro groups is 1. The van der Waals surface area contributed by atoms with Gasteiger partial charge in [-0.05, 0) is 36.4 Å². The Bertz CT molecular complexity index is 982. The second-order valence-corrected chi connectivity index (χ2v) is 7.22. The van der Waals surface area contributed by atoms with Crippen LogP contribution in [0.4, 0.5) is 35.0 Å². The Morgan fingerprint density at radius 2 is 1.93 bits per heavy atom. The van der Waals surface area contributed by atoms with Crippen molar-refractivity contribution in [2.45, 2.75) is 11.1 Å². The summed E-state index contributed by atoms with van der Waals surface area (Å²) in [5.41, 5.74) is -0.728. The molecule has 2 aromatic carbocycles. The minimum atomic E-state index is -4.70. The maximum absolute atomic E-state index is 12.7. The van der Waals surface area contributed by atoms with Gasteiger partial charge < -0.3 is 10.6 Å². The molecule has 0 spiro atoms. The van der Waals surface area contributed by atoms with Crippen LogP contribution in [0.5, 0.6) is 0 Å². The first-order valence-corrected chi connectivity index (χ1v) is 9.57. The minimum absolute atomic E-state index is 0.0430. The van der Waals surface area contributed by atoms with Crippen LogP contribution < -0.4 is 15.5 Å². The molecule has 1 fully saturated rings. The summed E-state index contributed by atoms with van der Waals surface area (Å²) in [5, 5.41) is 16.4. The topological polar surface area (TPSA) is 105 Å². The normalized spacial score (nSPS) is 13.8. The highest BCUT2D eigenvalue weighted by molar-refractivity contribution is 8.00. The molecule has 0 radical (unpaired) electrons. The molecule has 158 valence electrons. The summed E-state index contributed by atoms with van der Waals surface area (Å²) in [6.45, 7) is 1.08. The van der Waals surface area contributed by atoms with Gasteiger partial charge in [-0.25, -0.2) is 4.79 Å². The number of carbonyl (C=O) groups excluding carboxylic acids is 2. The molecule has 3 amide bonds. The maximum atomic E-state index is 12.7. The fourth-order valence-electron chi connectivity index (χ4n) is 2.74. The first-order valence-electron chi connectivity index (χ1n) is 8.59. The summed E-state index contributed by atoms with van der Waals surface area (Å²) in [7, 11) is 0. The van der Waals surface area contributed by atoms with E-state index < -0.39 is 28.3 Å². The van der Waals surface area contributed by atoms with Crippen LogP contribution in [-0.4, -0.2) is 35.7 Å². The van der Waals surface area contributed by atoms with Crippen molar-refractivity contribution in [1.82, 2.24) is 5.32 Å². The lowest BCUT2D eigenvalue weighted by Gasteiger charge is -2.14. The van der Waals surface area contributed by atoms with Gasteiger partial charge in [0, 0.05) is 30.5 Å². The molecular weight excluding hydrogens is 425 g/mol. The van der Waals surface area contributed by atoms with E-state index in [4.69, 9.17) is 0 Å². The monoisotopic (exact) mass is 440 g/mol. The number of rotatable bonds is 6. The number of urea groups is 1. The van der Waals surface area contributed by atoms with Crippen LogP contribution in [0, 0.1) is 10.1 Å². The van der Waals surface area contributed by atoms with Gasteiger partial charge in [0.1, 0.15) is 0 Å². The lowest BCUT2D eigenvalue weighted by molar-refractivity contribution is -0.388. The number of hydrogen-bond donors (Lipinski definition) is 2. The molecule has 8 nitrogen and oxygen atoms in total. The van der Waals surface area contributed by atoms with E-state index in [0.717, 1.165) is 23.9 Å². The molecule has 12 heteroatoms. The Kier molecular flexibility index (Phi) is 6.15. The van der Waals surface area contributed by atoms with Gasteiger partial charge in [-0.2, -0.15) is 13.2 Å². The summed E-state index contributed by atoms with van der Waals surface area (Å²) in [5.74, 6) is -0.719. The van der Waals surface area contributed by atoms with E-state index in [2.05, 4.69) is 10.6 Å². The number of amides is 3. The number of thioether (sulfide) groups is 1. The summed E-state index contributed by atoms with van der Waals surface area (Å²) < 4.78 is 38.2. The lowest BCUT2D eigenvalue weighted by atomic mass is 10.2. The lowest BCUT2D eigenvalue weighted by Crippen LogP contribution is -2.27. The predicted octanol–water partition coefficient (Wildman–Crippen LogP) is 3.87. The van der Waals surface area contributed by atoms with Gasteiger partial charge in [0.15, 0.2) is 0 Å². The smallest absolute Gasteiger partial charge is 0.336 e. The molecule has 0 aromatic heterocycles. The third-order valence-corrected chi connectivity index (χ3v) is 5.22. The first kappa shape index (κ1) is 21.4. The number of halogens is 3. The molecule has 30 heavy (non-hydrogen) atoms. The fraction of sp³-hybridized carbons (Fsp3) is 0.222. The van der Waals surface area contributed by atoms with Crippen LogP contribution in [0.1, 0.15) is 5.56 Å². The quantitative estimate of drug-likeness (QED) is 0.403. The van der Waals surface area contributed by atoms with E-state index in [9.17, 15) is 32.9 Å². The fourth-order valence-corrected chi connectivity index (χ4v) is 3.55. The second-order valence-electron chi connectivity index (χ2n) is 6.20. The highest BCUT2D eigenvalue weighted by Gasteiger charge is 2.33. The number of anilines is 2. The number of nitro benzene ring substituents is 1. The van der Waals surface area contributed by atoms with Crippen LogP contribution in [0.25, 0.3) is 0 Å². The summed E-state index contributed by atoms with van der Waals surface area (Å²) >= 11 is 0.764. The summed E-state index contributed by atoms with van der Waals surface area (Å²) in [6.07, 6.45) is -4.70. The van der Waals surface area contributed by atoms with Crippen molar-refractivity contribution in [2.75, 3.05) is 29.1 Å². The van der Waals surface area contributed by atoms with Crippen molar-refractivity contribution in [3.63, 3.8) is 0 Å². The molecular formula is C18H15F3N4O4S. The average molecular weight is 440 g/mol. The van der Waals surface area contributed by atoms with Gasteiger partial charge in [0.25, 0.3) is 5.69 Å². The van der Waals surface area contributed by atoms with E-state index in [1.54, 1.807) is 29.2 Å². The summed E-state index contributed by atoms with van der Waals surface area (Å²) in [4.78, 5) is 35.5. The Hall–Kier alpha value is -3.28. The zero-order valence-electron chi connectivity index (χ0n) is 15.2. The largest absolute Gasteiger partial charge is 0.416 e. The van der Waals surface area contributed by atoms with Gasteiger partial charge in [-0.1, -0.05) is 0 Å². The third-order valence-electron chi connectivity index (χ3n) is 4.16. The zero-order chi connectivity index (χ0) is 21.9. The minimum Gasteiger partial charge on any atom is -0.336 e. The number of alkyl halides is 3. The molecule has 0 saturated carbocycles. The number of hydrogen-bond acceptors (Lipinski definition) is 5. The van der Waals surface area contributed by atoms with Gasteiger partial charge in [-0.3, -0.25) is 19.8 Å². The molecule has 1 saturated heterocycles. The van der Waals surface area contributed by atoms with Gasteiger partial charge >= 0.3 is 12.2 Å². The molecule has 0 bridgehead atoms. The number of nitrogens with one attached hydrogen (secondary N) is 2.